The molecule has 1 fully saturated rings. The predicted molar refractivity (Wildman–Crippen MR) is 63.4 cm³/mol. The minimum Gasteiger partial charge on any atom is -0.479 e. The molecule has 0 radical (unpaired) electrons. The highest BCUT2D eigenvalue weighted by molar-refractivity contribution is 6.39. The van der Waals surface area contributed by atoms with Crippen molar-refractivity contribution in [2.75, 3.05) is 6.54 Å². The topological polar surface area (TPSA) is 112 Å². The fourth-order valence-electron chi connectivity index (χ4n) is 1.83. The molecule has 1 rings (SSSR count). The first-order valence-electron chi connectivity index (χ1n) is 5.94. The molecule has 7 nitrogen and oxygen atoms in total. The van der Waals surface area contributed by atoms with E-state index in [1.807, 2.05) is 0 Å². The van der Waals surface area contributed by atoms with E-state index >= 15 is 0 Å². The summed E-state index contributed by atoms with van der Waals surface area (Å²) in [5.41, 5.74) is -3.23. The van der Waals surface area contributed by atoms with Gasteiger partial charge in [-0.15, -0.1) is 0 Å². The van der Waals surface area contributed by atoms with Crippen molar-refractivity contribution in [3.8, 4) is 0 Å². The number of carboxylic acid groups (broad SMARTS) is 2. The Morgan fingerprint density at radius 1 is 1.16 bits per heavy atom. The summed E-state index contributed by atoms with van der Waals surface area (Å²) in [5, 5.41) is 18.1. The van der Waals surface area contributed by atoms with E-state index in [-0.39, 0.29) is 13.0 Å². The maximum absolute atomic E-state index is 12.0. The van der Waals surface area contributed by atoms with Crippen molar-refractivity contribution in [1.29, 1.82) is 0 Å². The van der Waals surface area contributed by atoms with Crippen LogP contribution in [-0.2, 0) is 19.2 Å². The van der Waals surface area contributed by atoms with Crippen molar-refractivity contribution >= 4 is 23.6 Å². The van der Waals surface area contributed by atoms with Crippen molar-refractivity contribution in [2.24, 2.45) is 5.41 Å². The summed E-state index contributed by atoms with van der Waals surface area (Å²) in [4.78, 5) is 46.9. The minimum atomic E-state index is -2.30. The van der Waals surface area contributed by atoms with Gasteiger partial charge in [0.2, 0.25) is 11.3 Å². The van der Waals surface area contributed by atoms with Crippen LogP contribution in [0.5, 0.6) is 0 Å². The zero-order valence-electron chi connectivity index (χ0n) is 11.1. The molecule has 2 N–H and O–H groups in total. The first-order valence-corrected chi connectivity index (χ1v) is 5.94. The Bertz CT molecular complexity index is 439. The van der Waals surface area contributed by atoms with Crippen LogP contribution < -0.4 is 0 Å². The van der Waals surface area contributed by atoms with Gasteiger partial charge in [0.15, 0.2) is 0 Å². The van der Waals surface area contributed by atoms with E-state index in [0.717, 1.165) is 0 Å². The van der Waals surface area contributed by atoms with Crippen molar-refractivity contribution in [1.82, 2.24) is 4.90 Å². The number of Topliss-reactive ketones (excluding diaryl/α,β-unsaturated/α-hetero) is 1. The minimum absolute atomic E-state index is 0.0387. The van der Waals surface area contributed by atoms with E-state index in [0.29, 0.717) is 11.3 Å². The Morgan fingerprint density at radius 3 is 1.89 bits per heavy atom. The largest absolute Gasteiger partial charge is 0.479 e. The molecule has 1 saturated heterocycles. The van der Waals surface area contributed by atoms with Gasteiger partial charge in [0, 0.05) is 18.4 Å². The highest BCUT2D eigenvalue weighted by Crippen LogP contribution is 2.34. The van der Waals surface area contributed by atoms with Gasteiger partial charge in [-0.2, -0.15) is 0 Å². The molecule has 1 amide bonds. The highest BCUT2D eigenvalue weighted by Gasteiger charge is 2.61. The van der Waals surface area contributed by atoms with Crippen LogP contribution >= 0.6 is 0 Å². The number of carbonyl (C=O) groups is 4. The normalized spacial score (nSPS) is 17.5. The van der Waals surface area contributed by atoms with Crippen LogP contribution in [0.2, 0.25) is 0 Å². The van der Waals surface area contributed by atoms with Crippen molar-refractivity contribution in [2.45, 2.75) is 39.2 Å². The lowest BCUT2D eigenvalue weighted by Crippen LogP contribution is -2.72. The number of hydrogen-bond acceptors (Lipinski definition) is 4. The van der Waals surface area contributed by atoms with Gasteiger partial charge < -0.3 is 15.1 Å². The molecule has 0 aromatic carbocycles. The second-order valence-corrected chi connectivity index (χ2v) is 5.24. The van der Waals surface area contributed by atoms with Gasteiger partial charge in [-0.3, -0.25) is 9.59 Å². The van der Waals surface area contributed by atoms with Gasteiger partial charge >= 0.3 is 11.9 Å². The van der Waals surface area contributed by atoms with Crippen LogP contribution in [0.3, 0.4) is 0 Å². The fourth-order valence-corrected chi connectivity index (χ4v) is 1.83. The van der Waals surface area contributed by atoms with Gasteiger partial charge in [0.25, 0.3) is 5.91 Å². The van der Waals surface area contributed by atoms with Gasteiger partial charge in [-0.25, -0.2) is 9.59 Å². The molecular weight excluding hydrogens is 254 g/mol. The third-order valence-electron chi connectivity index (χ3n) is 3.80. The summed E-state index contributed by atoms with van der Waals surface area (Å²) >= 11 is 0. The molecule has 19 heavy (non-hydrogen) atoms. The summed E-state index contributed by atoms with van der Waals surface area (Å²) in [6.07, 6.45) is 0.210. The maximum Gasteiger partial charge on any atom is 0.341 e. The highest BCUT2D eigenvalue weighted by atomic mass is 16.4. The summed E-state index contributed by atoms with van der Waals surface area (Å²) in [6, 6.07) is 0. The molecule has 0 spiro atoms. The molecule has 0 aliphatic carbocycles. The Balaban J connectivity index is 3.05. The summed E-state index contributed by atoms with van der Waals surface area (Å²) in [7, 11) is 0. The number of amides is 1. The summed E-state index contributed by atoms with van der Waals surface area (Å²) in [6.45, 7) is 4.82. The lowest BCUT2D eigenvalue weighted by atomic mass is 9.80. The van der Waals surface area contributed by atoms with E-state index in [4.69, 9.17) is 10.2 Å². The standard InChI is InChI=1S/C12H17NO6/c1-4-11(2,3)7(14)8(15)13-6-5-12(13,9(16)17)10(18)19/h4-6H2,1-3H3,(H,16,17)(H,18,19). The maximum atomic E-state index is 12.0. The van der Waals surface area contributed by atoms with Crippen LogP contribution in [-0.4, -0.2) is 50.8 Å². The van der Waals surface area contributed by atoms with Crippen molar-refractivity contribution in [3.05, 3.63) is 0 Å². The van der Waals surface area contributed by atoms with Gasteiger partial charge in [-0.1, -0.05) is 20.8 Å². The Labute approximate surface area is 110 Å². The van der Waals surface area contributed by atoms with E-state index < -0.39 is 34.6 Å². The number of likely N-dealkylation sites (tertiary alicyclic amines) is 1. The first-order chi connectivity index (χ1) is 8.61. The molecule has 0 unspecified atom stereocenters. The molecular formula is C12H17NO6. The lowest BCUT2D eigenvalue weighted by Gasteiger charge is -2.46. The predicted octanol–water partition coefficient (Wildman–Crippen LogP) is 0.132. The molecule has 0 bridgehead atoms. The zero-order chi connectivity index (χ0) is 15.0. The van der Waals surface area contributed by atoms with E-state index in [2.05, 4.69) is 0 Å². The number of carboxylic acids is 2. The molecule has 0 aromatic heterocycles. The van der Waals surface area contributed by atoms with E-state index in [1.165, 1.54) is 0 Å². The summed E-state index contributed by atoms with van der Waals surface area (Å²) < 4.78 is 0. The van der Waals surface area contributed by atoms with Crippen LogP contribution in [0.1, 0.15) is 33.6 Å². The third-order valence-corrected chi connectivity index (χ3v) is 3.80. The number of aliphatic carboxylic acids is 2. The van der Waals surface area contributed by atoms with Crippen molar-refractivity contribution in [3.63, 3.8) is 0 Å². The number of hydrogen-bond donors (Lipinski definition) is 2. The average molecular weight is 271 g/mol. The number of rotatable bonds is 5. The molecule has 1 heterocycles. The Morgan fingerprint density at radius 2 is 1.63 bits per heavy atom. The second-order valence-electron chi connectivity index (χ2n) is 5.24. The lowest BCUT2D eigenvalue weighted by molar-refractivity contribution is -0.185. The molecule has 0 atom stereocenters. The second kappa shape index (κ2) is 4.64. The monoisotopic (exact) mass is 271 g/mol. The SMILES string of the molecule is CCC(C)(C)C(=O)C(=O)N1CCC1(C(=O)O)C(=O)O. The molecule has 7 heteroatoms. The summed E-state index contributed by atoms with van der Waals surface area (Å²) in [5.74, 6) is -5.05. The smallest absolute Gasteiger partial charge is 0.341 e. The first kappa shape index (κ1) is 15.1. The van der Waals surface area contributed by atoms with Crippen LogP contribution in [0.15, 0.2) is 0 Å². The molecule has 1 aliphatic rings. The molecule has 0 aromatic rings. The van der Waals surface area contributed by atoms with Gasteiger partial charge in [0.05, 0.1) is 0 Å². The van der Waals surface area contributed by atoms with Crippen LogP contribution in [0.25, 0.3) is 0 Å². The zero-order valence-corrected chi connectivity index (χ0v) is 11.1. The fraction of sp³-hybridized carbons (Fsp3) is 0.667. The van der Waals surface area contributed by atoms with Crippen molar-refractivity contribution < 1.29 is 29.4 Å². The van der Waals surface area contributed by atoms with Gasteiger partial charge in [-0.05, 0) is 6.42 Å². The Kier molecular flexibility index (Phi) is 3.70. The number of carbonyl (C=O) groups excluding carboxylic acids is 2. The molecule has 0 saturated carbocycles. The number of nitrogens with zero attached hydrogens (tertiary/aromatic N) is 1. The van der Waals surface area contributed by atoms with E-state index in [1.54, 1.807) is 20.8 Å². The third kappa shape index (κ3) is 2.09. The van der Waals surface area contributed by atoms with Crippen LogP contribution in [0.4, 0.5) is 0 Å². The van der Waals surface area contributed by atoms with Gasteiger partial charge in [0.1, 0.15) is 0 Å². The molecule has 106 valence electrons. The average Bonchev–Trinajstić information content (AvgIpc) is 2.25. The number of ketones is 1. The quantitative estimate of drug-likeness (QED) is 0.543. The van der Waals surface area contributed by atoms with Crippen LogP contribution in [0, 0.1) is 5.41 Å². The van der Waals surface area contributed by atoms with E-state index in [9.17, 15) is 19.2 Å². The molecule has 1 aliphatic heterocycles. The Hall–Kier alpha value is -1.92.